The first kappa shape index (κ1) is 11.8. The van der Waals surface area contributed by atoms with Crippen LogP contribution in [0.2, 0.25) is 0 Å². The lowest BCUT2D eigenvalue weighted by Gasteiger charge is -2.24. The summed E-state index contributed by atoms with van der Waals surface area (Å²) in [6.07, 6.45) is 0. The van der Waals surface area contributed by atoms with Gasteiger partial charge in [0.05, 0.1) is 6.61 Å². The Kier molecular flexibility index (Phi) is 2.90. The standard InChI is InChI=1S/C11H15FO3/c1-6-4-7(11(2,3)5-13)8(12)10(15)9(6)14/h4,13-15H,5H2,1-3H3. The van der Waals surface area contributed by atoms with Crippen LogP contribution in [0.1, 0.15) is 25.0 Å². The van der Waals surface area contributed by atoms with Crippen molar-refractivity contribution in [2.75, 3.05) is 6.61 Å². The molecule has 0 bridgehead atoms. The Labute approximate surface area is 87.8 Å². The topological polar surface area (TPSA) is 60.7 Å². The van der Waals surface area contributed by atoms with E-state index in [-0.39, 0.29) is 12.2 Å². The van der Waals surface area contributed by atoms with Crippen LogP contribution < -0.4 is 0 Å². The summed E-state index contributed by atoms with van der Waals surface area (Å²) in [7, 11) is 0. The summed E-state index contributed by atoms with van der Waals surface area (Å²) in [5.41, 5.74) is -0.219. The van der Waals surface area contributed by atoms with Crippen LogP contribution in [0.25, 0.3) is 0 Å². The van der Waals surface area contributed by atoms with E-state index < -0.39 is 22.7 Å². The van der Waals surface area contributed by atoms with Gasteiger partial charge in [0, 0.05) is 11.0 Å². The van der Waals surface area contributed by atoms with Crippen molar-refractivity contribution in [3.8, 4) is 11.5 Å². The van der Waals surface area contributed by atoms with Crippen molar-refractivity contribution in [1.29, 1.82) is 0 Å². The average Bonchev–Trinajstić information content (AvgIpc) is 2.20. The van der Waals surface area contributed by atoms with Crippen molar-refractivity contribution in [1.82, 2.24) is 0 Å². The number of benzene rings is 1. The minimum absolute atomic E-state index is 0.192. The summed E-state index contributed by atoms with van der Waals surface area (Å²) in [4.78, 5) is 0. The number of phenolic OH excluding ortho intramolecular Hbond substituents is 2. The molecule has 84 valence electrons. The minimum Gasteiger partial charge on any atom is -0.504 e. The molecule has 1 aromatic carbocycles. The maximum Gasteiger partial charge on any atom is 0.194 e. The van der Waals surface area contributed by atoms with Crippen molar-refractivity contribution in [2.45, 2.75) is 26.2 Å². The molecule has 0 spiro atoms. The summed E-state index contributed by atoms with van der Waals surface area (Å²) in [6, 6.07) is 1.43. The molecule has 0 atom stereocenters. The molecule has 4 heteroatoms. The van der Waals surface area contributed by atoms with E-state index in [0.717, 1.165) is 0 Å². The van der Waals surface area contributed by atoms with Crippen LogP contribution in [-0.2, 0) is 5.41 Å². The highest BCUT2D eigenvalue weighted by molar-refractivity contribution is 5.50. The van der Waals surface area contributed by atoms with Gasteiger partial charge in [-0.2, -0.15) is 0 Å². The maximum absolute atomic E-state index is 13.6. The smallest absolute Gasteiger partial charge is 0.194 e. The molecule has 0 radical (unpaired) electrons. The van der Waals surface area contributed by atoms with E-state index in [1.807, 2.05) is 0 Å². The lowest BCUT2D eigenvalue weighted by Crippen LogP contribution is -2.23. The largest absolute Gasteiger partial charge is 0.504 e. The quantitative estimate of drug-likeness (QED) is 0.658. The molecular formula is C11H15FO3. The second-order valence-corrected chi connectivity index (χ2v) is 4.29. The van der Waals surface area contributed by atoms with Gasteiger partial charge in [0.2, 0.25) is 0 Å². The molecule has 3 N–H and O–H groups in total. The molecule has 0 aliphatic carbocycles. The Morgan fingerprint density at radius 2 is 1.80 bits per heavy atom. The van der Waals surface area contributed by atoms with E-state index in [2.05, 4.69) is 0 Å². The SMILES string of the molecule is Cc1cc(C(C)(C)CO)c(F)c(O)c1O. The molecule has 0 fully saturated rings. The molecule has 0 aliphatic rings. The summed E-state index contributed by atoms with van der Waals surface area (Å²) in [6.45, 7) is 4.63. The fourth-order valence-electron chi connectivity index (χ4n) is 1.34. The normalized spacial score (nSPS) is 11.8. The first-order valence-corrected chi connectivity index (χ1v) is 4.63. The second kappa shape index (κ2) is 3.70. The van der Waals surface area contributed by atoms with Gasteiger partial charge < -0.3 is 15.3 Å². The third-order valence-corrected chi connectivity index (χ3v) is 2.53. The molecule has 0 aliphatic heterocycles. The highest BCUT2D eigenvalue weighted by Crippen LogP contribution is 2.38. The molecule has 0 saturated carbocycles. The predicted octanol–water partition coefficient (Wildman–Crippen LogP) is 1.82. The number of rotatable bonds is 2. The number of phenols is 2. The molecule has 3 nitrogen and oxygen atoms in total. The van der Waals surface area contributed by atoms with Crippen LogP contribution in [0.15, 0.2) is 6.07 Å². The van der Waals surface area contributed by atoms with Crippen molar-refractivity contribution < 1.29 is 19.7 Å². The zero-order chi connectivity index (χ0) is 11.8. The van der Waals surface area contributed by atoms with Gasteiger partial charge in [0.25, 0.3) is 0 Å². The van der Waals surface area contributed by atoms with Gasteiger partial charge in [-0.1, -0.05) is 13.8 Å². The van der Waals surface area contributed by atoms with Crippen LogP contribution in [0.5, 0.6) is 11.5 Å². The van der Waals surface area contributed by atoms with Gasteiger partial charge in [-0.05, 0) is 18.6 Å². The fourth-order valence-corrected chi connectivity index (χ4v) is 1.34. The fraction of sp³-hybridized carbons (Fsp3) is 0.455. The van der Waals surface area contributed by atoms with E-state index in [1.165, 1.54) is 6.07 Å². The number of aryl methyl sites for hydroxylation is 1. The van der Waals surface area contributed by atoms with E-state index in [4.69, 9.17) is 5.11 Å². The van der Waals surface area contributed by atoms with E-state index in [0.29, 0.717) is 5.56 Å². The van der Waals surface area contributed by atoms with Crippen molar-refractivity contribution in [3.63, 3.8) is 0 Å². The molecule has 15 heavy (non-hydrogen) atoms. The number of aliphatic hydroxyl groups excluding tert-OH is 1. The van der Waals surface area contributed by atoms with Gasteiger partial charge in [-0.25, -0.2) is 4.39 Å². The highest BCUT2D eigenvalue weighted by Gasteiger charge is 2.27. The summed E-state index contributed by atoms with van der Waals surface area (Å²) in [5, 5.41) is 27.7. The Morgan fingerprint density at radius 1 is 1.27 bits per heavy atom. The molecule has 0 saturated heterocycles. The monoisotopic (exact) mass is 214 g/mol. The van der Waals surface area contributed by atoms with E-state index in [1.54, 1.807) is 20.8 Å². The number of halogens is 1. The number of aliphatic hydroxyl groups is 1. The Hall–Kier alpha value is -1.29. The van der Waals surface area contributed by atoms with Crippen LogP contribution in [-0.4, -0.2) is 21.9 Å². The Bertz CT molecular complexity index is 386. The predicted molar refractivity (Wildman–Crippen MR) is 54.6 cm³/mol. The lowest BCUT2D eigenvalue weighted by atomic mass is 9.84. The molecule has 0 heterocycles. The third kappa shape index (κ3) is 1.90. The van der Waals surface area contributed by atoms with Gasteiger partial charge >= 0.3 is 0 Å². The van der Waals surface area contributed by atoms with Crippen LogP contribution in [0.3, 0.4) is 0 Å². The minimum atomic E-state index is -0.878. The van der Waals surface area contributed by atoms with Gasteiger partial charge in [-0.3, -0.25) is 0 Å². The van der Waals surface area contributed by atoms with E-state index in [9.17, 15) is 14.6 Å². The lowest BCUT2D eigenvalue weighted by molar-refractivity contribution is 0.213. The van der Waals surface area contributed by atoms with Crippen molar-refractivity contribution in [3.05, 3.63) is 23.0 Å². The van der Waals surface area contributed by atoms with Gasteiger partial charge in [0.15, 0.2) is 17.3 Å². The first-order chi connectivity index (χ1) is 6.81. The van der Waals surface area contributed by atoms with E-state index >= 15 is 0 Å². The highest BCUT2D eigenvalue weighted by atomic mass is 19.1. The summed E-state index contributed by atoms with van der Waals surface area (Å²) >= 11 is 0. The summed E-state index contributed by atoms with van der Waals surface area (Å²) < 4.78 is 13.6. The Balaban J connectivity index is 3.45. The van der Waals surface area contributed by atoms with Crippen LogP contribution in [0, 0.1) is 12.7 Å². The summed E-state index contributed by atoms with van der Waals surface area (Å²) in [5.74, 6) is -2.09. The Morgan fingerprint density at radius 3 is 2.27 bits per heavy atom. The van der Waals surface area contributed by atoms with Gasteiger partial charge in [0.1, 0.15) is 0 Å². The number of hydrogen-bond donors (Lipinski definition) is 3. The van der Waals surface area contributed by atoms with Crippen molar-refractivity contribution in [2.24, 2.45) is 0 Å². The first-order valence-electron chi connectivity index (χ1n) is 4.63. The second-order valence-electron chi connectivity index (χ2n) is 4.29. The molecule has 1 aromatic rings. The van der Waals surface area contributed by atoms with Gasteiger partial charge in [-0.15, -0.1) is 0 Å². The zero-order valence-electron chi connectivity index (χ0n) is 9.00. The molecular weight excluding hydrogens is 199 g/mol. The molecule has 1 rings (SSSR count). The van der Waals surface area contributed by atoms with Crippen LogP contribution in [0.4, 0.5) is 4.39 Å². The number of hydrogen-bond acceptors (Lipinski definition) is 3. The molecule has 0 aromatic heterocycles. The molecule has 0 unspecified atom stereocenters. The average molecular weight is 214 g/mol. The zero-order valence-corrected chi connectivity index (χ0v) is 9.00. The molecule has 0 amide bonds. The van der Waals surface area contributed by atoms with Crippen LogP contribution >= 0.6 is 0 Å². The third-order valence-electron chi connectivity index (χ3n) is 2.53. The number of aromatic hydroxyl groups is 2. The maximum atomic E-state index is 13.6. The van der Waals surface area contributed by atoms with Crippen molar-refractivity contribution >= 4 is 0 Å².